The molecule has 0 bridgehead atoms. The van der Waals surface area contributed by atoms with Gasteiger partial charge in [0.2, 0.25) is 5.82 Å². The van der Waals surface area contributed by atoms with Crippen LogP contribution in [0, 0.1) is 15.9 Å². The number of ether oxygens (including phenoxy) is 1. The van der Waals surface area contributed by atoms with Gasteiger partial charge in [0.05, 0.1) is 4.92 Å². The molecular formula is C13H10FN3O4. The summed E-state index contributed by atoms with van der Waals surface area (Å²) in [5.74, 6) is -1.06. The van der Waals surface area contributed by atoms with E-state index in [2.05, 4.69) is 10.3 Å². The molecule has 1 aromatic carbocycles. The molecule has 1 heterocycles. The maximum Gasteiger partial charge on any atom is 0.305 e. The number of rotatable bonds is 4. The van der Waals surface area contributed by atoms with Crippen LogP contribution in [0.2, 0.25) is 0 Å². The predicted octanol–water partition coefficient (Wildman–Crippen LogP) is 2.28. The van der Waals surface area contributed by atoms with Gasteiger partial charge in [0.25, 0.3) is 5.91 Å². The van der Waals surface area contributed by atoms with E-state index in [1.54, 1.807) is 0 Å². The lowest BCUT2D eigenvalue weighted by Crippen LogP contribution is -2.18. The summed E-state index contributed by atoms with van der Waals surface area (Å²) >= 11 is 0. The molecule has 0 unspecified atom stereocenters. The molecule has 0 radical (unpaired) electrons. The van der Waals surface area contributed by atoms with E-state index in [1.165, 1.54) is 31.4 Å². The topological polar surface area (TPSA) is 94.4 Å². The van der Waals surface area contributed by atoms with Crippen molar-refractivity contribution in [3.8, 4) is 11.5 Å². The van der Waals surface area contributed by atoms with Crippen LogP contribution in [0.4, 0.5) is 10.1 Å². The molecule has 0 aliphatic heterocycles. The van der Waals surface area contributed by atoms with Gasteiger partial charge < -0.3 is 10.1 Å². The van der Waals surface area contributed by atoms with E-state index < -0.39 is 22.3 Å². The van der Waals surface area contributed by atoms with Crippen molar-refractivity contribution in [1.82, 2.24) is 10.3 Å². The highest BCUT2D eigenvalue weighted by molar-refractivity contribution is 5.92. The van der Waals surface area contributed by atoms with Gasteiger partial charge in [-0.15, -0.1) is 0 Å². The first-order chi connectivity index (χ1) is 10.0. The monoisotopic (exact) mass is 290 g/mol. The third-order valence-electron chi connectivity index (χ3n) is 2.54. The van der Waals surface area contributed by atoms with Crippen molar-refractivity contribution >= 4 is 11.6 Å². The summed E-state index contributed by atoms with van der Waals surface area (Å²) in [6.45, 7) is 0. The van der Waals surface area contributed by atoms with Gasteiger partial charge in [-0.05, 0) is 12.1 Å². The minimum absolute atomic E-state index is 0.0761. The number of nitrogens with zero attached hydrogens (tertiary/aromatic N) is 2. The smallest absolute Gasteiger partial charge is 0.305 e. The molecule has 0 saturated carbocycles. The number of amides is 1. The second kappa shape index (κ2) is 5.95. The van der Waals surface area contributed by atoms with E-state index in [-0.39, 0.29) is 17.2 Å². The maximum atomic E-state index is 13.5. The Morgan fingerprint density at radius 3 is 2.67 bits per heavy atom. The Kier molecular flexibility index (Phi) is 4.07. The zero-order valence-electron chi connectivity index (χ0n) is 10.9. The standard InChI is InChI=1S/C13H10FN3O4/c1-15-13(18)11-7-9(4-5-16-11)21-8-2-3-12(17(19)20)10(14)6-8/h2-7H,1H3,(H,15,18)/i14-1. The number of hydrogen-bond acceptors (Lipinski definition) is 5. The van der Waals surface area contributed by atoms with Crippen LogP contribution in [0.25, 0.3) is 0 Å². The van der Waals surface area contributed by atoms with Gasteiger partial charge in [0.1, 0.15) is 17.2 Å². The molecule has 0 spiro atoms. The predicted molar refractivity (Wildman–Crippen MR) is 70.8 cm³/mol. The molecule has 7 nitrogen and oxygen atoms in total. The normalized spacial score (nSPS) is 10.0. The fraction of sp³-hybridized carbons (Fsp3) is 0.0769. The Balaban J connectivity index is 2.24. The number of halogens is 1. The number of pyridine rings is 1. The van der Waals surface area contributed by atoms with Crippen molar-refractivity contribution in [3.05, 3.63) is 58.2 Å². The average molecular weight is 290 g/mol. The molecule has 0 aliphatic rings. The molecule has 8 heteroatoms. The molecule has 1 N–H and O–H groups in total. The highest BCUT2D eigenvalue weighted by atomic mass is 18.2. The summed E-state index contributed by atoms with van der Waals surface area (Å²) < 4.78 is 18.8. The highest BCUT2D eigenvalue weighted by Crippen LogP contribution is 2.26. The van der Waals surface area contributed by atoms with Crippen molar-refractivity contribution in [1.29, 1.82) is 0 Å². The molecule has 2 aromatic rings. The van der Waals surface area contributed by atoms with Crippen LogP contribution in [0.1, 0.15) is 10.5 Å². The number of nitro groups is 1. The van der Waals surface area contributed by atoms with E-state index in [4.69, 9.17) is 4.74 Å². The first-order valence-electron chi connectivity index (χ1n) is 5.81. The number of hydrogen-bond donors (Lipinski definition) is 1. The SMILES string of the molecule is CNC(=O)c1cc(Oc2ccc([N+](=O)[O-])c([18F])c2)ccn1. The molecule has 2 rings (SSSR count). The molecule has 1 amide bonds. The lowest BCUT2D eigenvalue weighted by atomic mass is 10.3. The summed E-state index contributed by atoms with van der Waals surface area (Å²) in [6, 6.07) is 6.02. The van der Waals surface area contributed by atoms with Gasteiger partial charge in [-0.1, -0.05) is 0 Å². The van der Waals surface area contributed by atoms with E-state index >= 15 is 0 Å². The van der Waals surface area contributed by atoms with E-state index in [0.29, 0.717) is 0 Å². The van der Waals surface area contributed by atoms with Gasteiger partial charge in [0, 0.05) is 31.4 Å². The second-order valence-electron chi connectivity index (χ2n) is 3.93. The Morgan fingerprint density at radius 2 is 2.05 bits per heavy atom. The lowest BCUT2D eigenvalue weighted by Gasteiger charge is -2.07. The fourth-order valence-electron chi connectivity index (χ4n) is 1.56. The van der Waals surface area contributed by atoms with Crippen LogP contribution in [0.5, 0.6) is 11.5 Å². The molecule has 0 saturated heterocycles. The van der Waals surface area contributed by atoms with Crippen molar-refractivity contribution in [3.63, 3.8) is 0 Å². The van der Waals surface area contributed by atoms with Gasteiger partial charge >= 0.3 is 5.69 Å². The highest BCUT2D eigenvalue weighted by Gasteiger charge is 2.15. The maximum absolute atomic E-state index is 13.5. The first kappa shape index (κ1) is 14.4. The summed E-state index contributed by atoms with van der Waals surface area (Å²) in [6.07, 6.45) is 1.36. The quantitative estimate of drug-likeness (QED) is 0.688. The Morgan fingerprint density at radius 1 is 1.33 bits per heavy atom. The minimum atomic E-state index is -1.00. The average Bonchev–Trinajstić information content (AvgIpc) is 2.46. The number of nitro benzene ring substituents is 1. The second-order valence-corrected chi connectivity index (χ2v) is 3.93. The van der Waals surface area contributed by atoms with E-state index in [1.807, 2.05) is 0 Å². The summed E-state index contributed by atoms with van der Waals surface area (Å²) in [5, 5.41) is 12.9. The van der Waals surface area contributed by atoms with Crippen LogP contribution in [-0.2, 0) is 0 Å². The number of nitrogens with one attached hydrogen (secondary N) is 1. The van der Waals surface area contributed by atoms with Crippen LogP contribution < -0.4 is 10.1 Å². The molecule has 0 atom stereocenters. The van der Waals surface area contributed by atoms with Gasteiger partial charge in [-0.25, -0.2) is 0 Å². The number of benzene rings is 1. The summed E-state index contributed by atoms with van der Waals surface area (Å²) in [7, 11) is 1.46. The largest absolute Gasteiger partial charge is 0.457 e. The zero-order chi connectivity index (χ0) is 15.4. The zero-order valence-corrected chi connectivity index (χ0v) is 10.9. The van der Waals surface area contributed by atoms with Gasteiger partial charge in [-0.2, -0.15) is 4.39 Å². The van der Waals surface area contributed by atoms with Crippen molar-refractivity contribution < 1.29 is 18.8 Å². The first-order valence-corrected chi connectivity index (χ1v) is 5.81. The fourth-order valence-corrected chi connectivity index (χ4v) is 1.56. The molecule has 0 fully saturated rings. The Hall–Kier alpha value is -3.03. The van der Waals surface area contributed by atoms with Crippen molar-refractivity contribution in [2.24, 2.45) is 0 Å². The third kappa shape index (κ3) is 3.30. The van der Waals surface area contributed by atoms with Crippen molar-refractivity contribution in [2.45, 2.75) is 0 Å². The molecule has 1 aromatic heterocycles. The van der Waals surface area contributed by atoms with Crippen LogP contribution in [0.15, 0.2) is 36.5 Å². The Bertz CT molecular complexity index is 706. The molecule has 21 heavy (non-hydrogen) atoms. The number of aromatic nitrogens is 1. The summed E-state index contributed by atoms with van der Waals surface area (Å²) in [5.41, 5.74) is -0.500. The molecule has 0 aliphatic carbocycles. The lowest BCUT2D eigenvalue weighted by molar-refractivity contribution is -0.387. The number of carbonyl (C=O) groups excluding carboxylic acids is 1. The van der Waals surface area contributed by atoms with Gasteiger partial charge in [0.15, 0.2) is 0 Å². The van der Waals surface area contributed by atoms with Crippen LogP contribution >= 0.6 is 0 Å². The number of carbonyl (C=O) groups is 1. The molecular weight excluding hydrogens is 280 g/mol. The van der Waals surface area contributed by atoms with E-state index in [0.717, 1.165) is 12.1 Å². The molecule has 108 valence electrons. The van der Waals surface area contributed by atoms with E-state index in [9.17, 15) is 19.3 Å². The third-order valence-corrected chi connectivity index (χ3v) is 2.54. The van der Waals surface area contributed by atoms with Crippen LogP contribution in [0.3, 0.4) is 0 Å². The minimum Gasteiger partial charge on any atom is -0.457 e. The van der Waals surface area contributed by atoms with Crippen LogP contribution in [-0.4, -0.2) is 22.9 Å². The summed E-state index contributed by atoms with van der Waals surface area (Å²) in [4.78, 5) is 25.0. The van der Waals surface area contributed by atoms with Crippen molar-refractivity contribution in [2.75, 3.05) is 7.05 Å². The Labute approximate surface area is 118 Å². The van der Waals surface area contributed by atoms with Gasteiger partial charge in [-0.3, -0.25) is 19.9 Å².